The SMILES string of the molecule is CC(C)(N)c1nccc(-c2ccccc2)n1. The molecule has 0 aliphatic carbocycles. The van der Waals surface area contributed by atoms with Gasteiger partial charge in [0, 0.05) is 11.8 Å². The Morgan fingerprint density at radius 2 is 1.75 bits per heavy atom. The average molecular weight is 213 g/mol. The molecule has 1 aromatic heterocycles. The highest BCUT2D eigenvalue weighted by molar-refractivity contribution is 5.58. The van der Waals surface area contributed by atoms with Gasteiger partial charge in [0.1, 0.15) is 5.82 Å². The van der Waals surface area contributed by atoms with Crippen LogP contribution in [0.2, 0.25) is 0 Å². The van der Waals surface area contributed by atoms with Crippen molar-refractivity contribution in [3.8, 4) is 11.3 Å². The molecule has 0 unspecified atom stereocenters. The Morgan fingerprint density at radius 1 is 1.06 bits per heavy atom. The molecule has 1 heterocycles. The van der Waals surface area contributed by atoms with Crippen LogP contribution >= 0.6 is 0 Å². The number of benzene rings is 1. The van der Waals surface area contributed by atoms with Gasteiger partial charge >= 0.3 is 0 Å². The van der Waals surface area contributed by atoms with E-state index in [1.54, 1.807) is 6.20 Å². The van der Waals surface area contributed by atoms with Gasteiger partial charge in [0.2, 0.25) is 0 Å². The van der Waals surface area contributed by atoms with Gasteiger partial charge < -0.3 is 5.73 Å². The van der Waals surface area contributed by atoms with Gasteiger partial charge in [-0.05, 0) is 19.9 Å². The lowest BCUT2D eigenvalue weighted by atomic mass is 10.1. The minimum absolute atomic E-state index is 0.509. The zero-order valence-corrected chi connectivity index (χ0v) is 9.51. The molecule has 0 fully saturated rings. The average Bonchev–Trinajstić information content (AvgIpc) is 2.29. The Balaban J connectivity index is 2.45. The van der Waals surface area contributed by atoms with Crippen LogP contribution in [0.5, 0.6) is 0 Å². The standard InChI is InChI=1S/C13H15N3/c1-13(2,14)12-15-9-8-11(16-12)10-6-4-3-5-7-10/h3-9H,14H2,1-2H3. The quantitative estimate of drug-likeness (QED) is 0.833. The molecule has 16 heavy (non-hydrogen) atoms. The molecule has 0 aliphatic heterocycles. The third-order valence-electron chi connectivity index (χ3n) is 2.30. The molecule has 3 heteroatoms. The van der Waals surface area contributed by atoms with E-state index < -0.39 is 5.54 Å². The van der Waals surface area contributed by atoms with Gasteiger partial charge in [-0.15, -0.1) is 0 Å². The third-order valence-corrected chi connectivity index (χ3v) is 2.30. The van der Waals surface area contributed by atoms with Gasteiger partial charge in [-0.3, -0.25) is 0 Å². The predicted molar refractivity (Wildman–Crippen MR) is 64.7 cm³/mol. The van der Waals surface area contributed by atoms with Crippen molar-refractivity contribution >= 4 is 0 Å². The Kier molecular flexibility index (Phi) is 2.71. The van der Waals surface area contributed by atoms with Crippen molar-refractivity contribution < 1.29 is 0 Å². The van der Waals surface area contributed by atoms with E-state index in [4.69, 9.17) is 5.73 Å². The molecule has 3 nitrogen and oxygen atoms in total. The molecular weight excluding hydrogens is 198 g/mol. The smallest absolute Gasteiger partial charge is 0.148 e. The van der Waals surface area contributed by atoms with Crippen LogP contribution in [0.15, 0.2) is 42.6 Å². The largest absolute Gasteiger partial charge is 0.319 e. The first kappa shape index (κ1) is 10.8. The minimum Gasteiger partial charge on any atom is -0.319 e. The Labute approximate surface area is 95.4 Å². The van der Waals surface area contributed by atoms with Crippen molar-refractivity contribution in [3.05, 3.63) is 48.4 Å². The third kappa shape index (κ3) is 2.25. The number of nitrogens with two attached hydrogens (primary N) is 1. The highest BCUT2D eigenvalue weighted by atomic mass is 14.9. The van der Waals surface area contributed by atoms with E-state index >= 15 is 0 Å². The molecule has 2 rings (SSSR count). The summed E-state index contributed by atoms with van der Waals surface area (Å²) in [5.74, 6) is 0.661. The summed E-state index contributed by atoms with van der Waals surface area (Å²) >= 11 is 0. The van der Waals surface area contributed by atoms with E-state index in [-0.39, 0.29) is 0 Å². The van der Waals surface area contributed by atoms with Crippen molar-refractivity contribution in [2.45, 2.75) is 19.4 Å². The van der Waals surface area contributed by atoms with Crippen molar-refractivity contribution in [1.29, 1.82) is 0 Å². The lowest BCUT2D eigenvalue weighted by Gasteiger charge is -2.16. The lowest BCUT2D eigenvalue weighted by Crippen LogP contribution is -2.31. The van der Waals surface area contributed by atoms with E-state index in [1.165, 1.54) is 0 Å². The van der Waals surface area contributed by atoms with Gasteiger partial charge in [-0.2, -0.15) is 0 Å². The molecular formula is C13H15N3. The van der Waals surface area contributed by atoms with E-state index in [0.717, 1.165) is 11.3 Å². The monoisotopic (exact) mass is 213 g/mol. The molecule has 0 amide bonds. The molecule has 1 aromatic carbocycles. The molecule has 0 bridgehead atoms. The van der Waals surface area contributed by atoms with Crippen molar-refractivity contribution in [1.82, 2.24) is 9.97 Å². The van der Waals surface area contributed by atoms with Crippen LogP contribution in [0.1, 0.15) is 19.7 Å². The summed E-state index contributed by atoms with van der Waals surface area (Å²) in [6.07, 6.45) is 1.75. The van der Waals surface area contributed by atoms with Crippen LogP contribution < -0.4 is 5.73 Å². The first-order valence-electron chi connectivity index (χ1n) is 5.25. The molecule has 0 atom stereocenters. The second-order valence-electron chi connectivity index (χ2n) is 4.35. The van der Waals surface area contributed by atoms with Gasteiger partial charge in [-0.25, -0.2) is 9.97 Å². The number of rotatable bonds is 2. The van der Waals surface area contributed by atoms with Crippen LogP contribution in [0.4, 0.5) is 0 Å². The van der Waals surface area contributed by atoms with Gasteiger partial charge in [0.25, 0.3) is 0 Å². The Bertz CT molecular complexity index is 472. The minimum atomic E-state index is -0.509. The molecule has 2 aromatic rings. The van der Waals surface area contributed by atoms with Crippen LogP contribution in [0.25, 0.3) is 11.3 Å². The van der Waals surface area contributed by atoms with E-state index in [9.17, 15) is 0 Å². The summed E-state index contributed by atoms with van der Waals surface area (Å²) in [5.41, 5.74) is 7.46. The molecule has 0 saturated carbocycles. The van der Waals surface area contributed by atoms with Crippen LogP contribution in [-0.2, 0) is 5.54 Å². The second kappa shape index (κ2) is 4.02. The highest BCUT2D eigenvalue weighted by Crippen LogP contribution is 2.18. The fourth-order valence-corrected chi connectivity index (χ4v) is 1.44. The first-order valence-corrected chi connectivity index (χ1v) is 5.25. The lowest BCUT2D eigenvalue weighted by molar-refractivity contribution is 0.514. The fourth-order valence-electron chi connectivity index (χ4n) is 1.44. The van der Waals surface area contributed by atoms with Crippen molar-refractivity contribution in [2.75, 3.05) is 0 Å². The number of hydrogen-bond donors (Lipinski definition) is 1. The summed E-state index contributed by atoms with van der Waals surface area (Å²) in [7, 11) is 0. The summed E-state index contributed by atoms with van der Waals surface area (Å²) < 4.78 is 0. The molecule has 0 radical (unpaired) electrons. The molecule has 82 valence electrons. The summed E-state index contributed by atoms with van der Waals surface area (Å²) in [6.45, 7) is 3.80. The Hall–Kier alpha value is -1.74. The summed E-state index contributed by atoms with van der Waals surface area (Å²) in [6, 6.07) is 11.9. The zero-order valence-electron chi connectivity index (χ0n) is 9.51. The van der Waals surface area contributed by atoms with Crippen molar-refractivity contribution in [3.63, 3.8) is 0 Å². The van der Waals surface area contributed by atoms with Crippen molar-refractivity contribution in [2.24, 2.45) is 5.73 Å². The van der Waals surface area contributed by atoms with Crippen LogP contribution in [0.3, 0.4) is 0 Å². The van der Waals surface area contributed by atoms with E-state index in [0.29, 0.717) is 5.82 Å². The zero-order chi connectivity index (χ0) is 11.6. The first-order chi connectivity index (χ1) is 7.57. The topological polar surface area (TPSA) is 51.8 Å². The summed E-state index contributed by atoms with van der Waals surface area (Å²) in [5, 5.41) is 0. The number of nitrogens with zero attached hydrogens (tertiary/aromatic N) is 2. The second-order valence-corrected chi connectivity index (χ2v) is 4.35. The van der Waals surface area contributed by atoms with E-state index in [2.05, 4.69) is 9.97 Å². The maximum absolute atomic E-state index is 5.98. The Morgan fingerprint density at radius 3 is 2.38 bits per heavy atom. The maximum Gasteiger partial charge on any atom is 0.148 e. The van der Waals surface area contributed by atoms with Crippen LogP contribution in [-0.4, -0.2) is 9.97 Å². The highest BCUT2D eigenvalue weighted by Gasteiger charge is 2.17. The van der Waals surface area contributed by atoms with Crippen LogP contribution in [0, 0.1) is 0 Å². The van der Waals surface area contributed by atoms with Gasteiger partial charge in [-0.1, -0.05) is 30.3 Å². The summed E-state index contributed by atoms with van der Waals surface area (Å²) in [4.78, 5) is 8.68. The van der Waals surface area contributed by atoms with Gasteiger partial charge in [0.05, 0.1) is 11.2 Å². The molecule has 0 spiro atoms. The normalized spacial score (nSPS) is 11.4. The molecule has 2 N–H and O–H groups in total. The molecule has 0 aliphatic rings. The predicted octanol–water partition coefficient (Wildman–Crippen LogP) is 2.34. The van der Waals surface area contributed by atoms with Gasteiger partial charge in [0.15, 0.2) is 0 Å². The van der Waals surface area contributed by atoms with E-state index in [1.807, 2.05) is 50.2 Å². The molecule has 0 saturated heterocycles. The number of aromatic nitrogens is 2. The fraction of sp³-hybridized carbons (Fsp3) is 0.231. The number of hydrogen-bond acceptors (Lipinski definition) is 3. The maximum atomic E-state index is 5.98.